The van der Waals surface area contributed by atoms with Crippen molar-refractivity contribution in [3.05, 3.63) is 33.8 Å². The maximum atomic E-state index is 13.6. The van der Waals surface area contributed by atoms with E-state index in [0.717, 1.165) is 37.9 Å². The van der Waals surface area contributed by atoms with E-state index in [1.165, 1.54) is 20.0 Å². The number of hydrogen-bond acceptors (Lipinski definition) is 5. The fraction of sp³-hybridized carbons (Fsp3) is 0.640. The van der Waals surface area contributed by atoms with E-state index in [0.29, 0.717) is 23.1 Å². The summed E-state index contributed by atoms with van der Waals surface area (Å²) in [5.74, 6) is -0.348. The van der Waals surface area contributed by atoms with Crippen molar-refractivity contribution in [1.29, 1.82) is 0 Å². The molecule has 1 aromatic rings. The van der Waals surface area contributed by atoms with Gasteiger partial charge in [-0.2, -0.15) is 0 Å². The number of halogens is 2. The first-order valence-electron chi connectivity index (χ1n) is 12.2. The highest BCUT2D eigenvalue weighted by Gasteiger charge is 2.48. The first-order chi connectivity index (χ1) is 16.4. The Morgan fingerprint density at radius 3 is 2.29 bits per heavy atom. The van der Waals surface area contributed by atoms with Crippen LogP contribution >= 0.6 is 23.2 Å². The average molecular weight is 510 g/mol. The van der Waals surface area contributed by atoms with Crippen molar-refractivity contribution in [3.63, 3.8) is 0 Å². The first kappa shape index (κ1) is 25.3. The molecule has 0 aromatic heterocycles. The van der Waals surface area contributed by atoms with E-state index in [2.05, 4.69) is 4.90 Å². The molecule has 2 heterocycles. The van der Waals surface area contributed by atoms with Gasteiger partial charge in [0.25, 0.3) is 0 Å². The van der Waals surface area contributed by atoms with E-state index in [-0.39, 0.29) is 55.2 Å². The lowest BCUT2D eigenvalue weighted by Crippen LogP contribution is -2.69. The SMILES string of the molecule is COC(=O)CCC(=O)N1CCN(C(=O)Cc2ccc(Cl)c(Cl)c2)[C@H]2[C@H](N3CCCC3)CCC[C@H]21. The summed E-state index contributed by atoms with van der Waals surface area (Å²) in [7, 11) is 1.34. The van der Waals surface area contributed by atoms with Gasteiger partial charge in [0.05, 0.1) is 42.1 Å². The molecule has 3 atom stereocenters. The van der Waals surface area contributed by atoms with Crippen molar-refractivity contribution >= 4 is 41.0 Å². The number of carbonyl (C=O) groups excluding carboxylic acids is 3. The third-order valence-corrected chi connectivity index (χ3v) is 8.23. The van der Waals surface area contributed by atoms with Crippen molar-refractivity contribution in [2.75, 3.05) is 33.3 Å². The lowest BCUT2D eigenvalue weighted by molar-refractivity contribution is -0.154. The second kappa shape index (κ2) is 11.3. The van der Waals surface area contributed by atoms with Crippen LogP contribution in [0.15, 0.2) is 18.2 Å². The summed E-state index contributed by atoms with van der Waals surface area (Å²) < 4.78 is 4.71. The molecule has 0 radical (unpaired) electrons. The Balaban J connectivity index is 1.55. The van der Waals surface area contributed by atoms with Gasteiger partial charge < -0.3 is 14.5 Å². The van der Waals surface area contributed by atoms with E-state index in [1.54, 1.807) is 12.1 Å². The third kappa shape index (κ3) is 5.52. The highest BCUT2D eigenvalue weighted by Crippen LogP contribution is 2.36. The normalized spacial score (nSPS) is 25.2. The molecular formula is C25H33Cl2N3O4. The van der Waals surface area contributed by atoms with Gasteiger partial charge in [-0.3, -0.25) is 19.3 Å². The molecule has 186 valence electrons. The molecule has 2 amide bonds. The Bertz CT molecular complexity index is 921. The van der Waals surface area contributed by atoms with Crippen molar-refractivity contribution in [2.45, 2.75) is 69.5 Å². The minimum absolute atomic E-state index is 0.0287. The third-order valence-electron chi connectivity index (χ3n) is 7.49. The van der Waals surface area contributed by atoms with Gasteiger partial charge in [0.1, 0.15) is 0 Å². The van der Waals surface area contributed by atoms with Crippen molar-refractivity contribution in [1.82, 2.24) is 14.7 Å². The van der Waals surface area contributed by atoms with Crippen LogP contribution in [-0.4, -0.2) is 83.9 Å². The van der Waals surface area contributed by atoms with Gasteiger partial charge in [0, 0.05) is 25.6 Å². The molecule has 0 spiro atoms. The molecule has 9 heteroatoms. The van der Waals surface area contributed by atoms with Crippen LogP contribution in [-0.2, 0) is 25.5 Å². The fourth-order valence-electron chi connectivity index (χ4n) is 5.87. The molecule has 1 saturated carbocycles. The lowest BCUT2D eigenvalue weighted by Gasteiger charge is -2.54. The minimum Gasteiger partial charge on any atom is -0.469 e. The molecule has 2 saturated heterocycles. The Labute approximate surface area is 211 Å². The predicted octanol–water partition coefficient (Wildman–Crippen LogP) is 3.55. The number of rotatable bonds is 6. The molecule has 0 unspecified atom stereocenters. The second-order valence-electron chi connectivity index (χ2n) is 9.47. The lowest BCUT2D eigenvalue weighted by atomic mass is 9.81. The molecule has 4 rings (SSSR count). The van der Waals surface area contributed by atoms with Crippen LogP contribution in [0.4, 0.5) is 0 Å². The molecule has 0 bridgehead atoms. The Kier molecular flexibility index (Phi) is 8.38. The number of ether oxygens (including phenoxy) is 1. The number of amides is 2. The molecule has 7 nitrogen and oxygen atoms in total. The summed E-state index contributed by atoms with van der Waals surface area (Å²) >= 11 is 12.2. The van der Waals surface area contributed by atoms with Gasteiger partial charge >= 0.3 is 5.97 Å². The van der Waals surface area contributed by atoms with E-state index in [9.17, 15) is 14.4 Å². The number of likely N-dealkylation sites (tertiary alicyclic amines) is 1. The maximum Gasteiger partial charge on any atom is 0.306 e. The van der Waals surface area contributed by atoms with Crippen molar-refractivity contribution < 1.29 is 19.1 Å². The summed E-state index contributed by atoms with van der Waals surface area (Å²) in [6.45, 7) is 3.06. The second-order valence-corrected chi connectivity index (χ2v) is 10.3. The topological polar surface area (TPSA) is 70.2 Å². The summed E-state index contributed by atoms with van der Waals surface area (Å²) in [5.41, 5.74) is 0.834. The van der Waals surface area contributed by atoms with Crippen LogP contribution in [0.1, 0.15) is 50.5 Å². The van der Waals surface area contributed by atoms with E-state index >= 15 is 0 Å². The number of hydrogen-bond donors (Lipinski definition) is 0. The fourth-order valence-corrected chi connectivity index (χ4v) is 6.19. The Morgan fingerprint density at radius 2 is 1.59 bits per heavy atom. The summed E-state index contributed by atoms with van der Waals surface area (Å²) in [6, 6.07) is 5.49. The summed E-state index contributed by atoms with van der Waals surface area (Å²) in [5, 5.41) is 0.914. The molecule has 2 aliphatic heterocycles. The largest absolute Gasteiger partial charge is 0.469 e. The molecule has 34 heavy (non-hydrogen) atoms. The molecule has 3 fully saturated rings. The number of carbonyl (C=O) groups is 3. The van der Waals surface area contributed by atoms with Crippen LogP contribution in [0.3, 0.4) is 0 Å². The van der Waals surface area contributed by atoms with Gasteiger partial charge in [-0.15, -0.1) is 0 Å². The summed E-state index contributed by atoms with van der Waals surface area (Å²) in [4.78, 5) is 44.7. The molecule has 1 aliphatic carbocycles. The smallest absolute Gasteiger partial charge is 0.306 e. The number of benzene rings is 1. The maximum absolute atomic E-state index is 13.6. The first-order valence-corrected chi connectivity index (χ1v) is 13.0. The monoisotopic (exact) mass is 509 g/mol. The predicted molar refractivity (Wildman–Crippen MR) is 131 cm³/mol. The van der Waals surface area contributed by atoms with Crippen LogP contribution in [0.25, 0.3) is 0 Å². The minimum atomic E-state index is -0.376. The van der Waals surface area contributed by atoms with Crippen molar-refractivity contribution in [3.8, 4) is 0 Å². The highest BCUT2D eigenvalue weighted by atomic mass is 35.5. The average Bonchev–Trinajstić information content (AvgIpc) is 3.38. The van der Waals surface area contributed by atoms with Gasteiger partial charge in [0.2, 0.25) is 11.8 Å². The van der Waals surface area contributed by atoms with Gasteiger partial charge in [-0.25, -0.2) is 0 Å². The zero-order valence-electron chi connectivity index (χ0n) is 19.7. The van der Waals surface area contributed by atoms with Gasteiger partial charge in [-0.1, -0.05) is 29.3 Å². The number of nitrogens with zero attached hydrogens (tertiary/aromatic N) is 3. The Morgan fingerprint density at radius 1 is 0.882 bits per heavy atom. The van der Waals surface area contributed by atoms with E-state index in [1.807, 2.05) is 15.9 Å². The van der Waals surface area contributed by atoms with Crippen LogP contribution in [0.5, 0.6) is 0 Å². The zero-order valence-corrected chi connectivity index (χ0v) is 21.2. The highest BCUT2D eigenvalue weighted by molar-refractivity contribution is 6.42. The Hall–Kier alpha value is -1.83. The van der Waals surface area contributed by atoms with Crippen molar-refractivity contribution in [2.24, 2.45) is 0 Å². The molecule has 0 N–H and O–H groups in total. The number of esters is 1. The molecule has 3 aliphatic rings. The van der Waals surface area contributed by atoms with Crippen LogP contribution in [0, 0.1) is 0 Å². The van der Waals surface area contributed by atoms with Gasteiger partial charge in [-0.05, 0) is 62.9 Å². The van der Waals surface area contributed by atoms with E-state index < -0.39 is 0 Å². The number of piperazine rings is 1. The standard InChI is InChI=1S/C25H33Cl2N3O4/c1-34-24(33)10-9-22(31)29-13-14-30(23(32)16-17-7-8-18(26)19(27)15-17)25-20(5-4-6-21(25)29)28-11-2-3-12-28/h7-8,15,20-21,25H,2-6,9-14,16H2,1H3/t20-,21-,25+/m1/s1. The molecular weight excluding hydrogens is 477 g/mol. The van der Waals surface area contributed by atoms with E-state index in [4.69, 9.17) is 27.9 Å². The number of methoxy groups -OCH3 is 1. The zero-order chi connectivity index (χ0) is 24.2. The van der Waals surface area contributed by atoms with Gasteiger partial charge in [0.15, 0.2) is 0 Å². The van der Waals surface area contributed by atoms with Crippen LogP contribution < -0.4 is 0 Å². The molecule has 1 aromatic carbocycles. The van der Waals surface area contributed by atoms with Crippen LogP contribution in [0.2, 0.25) is 10.0 Å². The number of fused-ring (bicyclic) bond motifs is 1. The summed E-state index contributed by atoms with van der Waals surface area (Å²) in [6.07, 6.45) is 5.75. The quantitative estimate of drug-likeness (QED) is 0.548.